The number of hydrogen-bond acceptors (Lipinski definition) is 6. The van der Waals surface area contributed by atoms with E-state index in [-0.39, 0.29) is 0 Å². The van der Waals surface area contributed by atoms with Gasteiger partial charge in [0.25, 0.3) is 0 Å². The van der Waals surface area contributed by atoms with Gasteiger partial charge in [-0.1, -0.05) is 0 Å². The Kier molecular flexibility index (Phi) is 3.12. The van der Waals surface area contributed by atoms with E-state index in [1.54, 1.807) is 0 Å². The first-order valence-corrected chi connectivity index (χ1v) is 3.75. The van der Waals surface area contributed by atoms with Crippen molar-refractivity contribution >= 4 is 7.82 Å². The summed E-state index contributed by atoms with van der Waals surface area (Å²) in [6.07, 6.45) is -2.79. The van der Waals surface area contributed by atoms with Gasteiger partial charge in [-0.25, -0.2) is 9.09 Å². The molecule has 6 N–H and O–H groups in total. The van der Waals surface area contributed by atoms with Gasteiger partial charge in [0, 0.05) is 0 Å². The largest absolute Gasteiger partial charge is 0.472 e. The maximum absolute atomic E-state index is 9.87. The summed E-state index contributed by atoms with van der Waals surface area (Å²) in [7, 11) is -5.05. The maximum Gasteiger partial charge on any atom is 0.472 e. The van der Waals surface area contributed by atoms with Crippen molar-refractivity contribution in [3.8, 4) is 0 Å². The highest BCUT2D eigenvalue weighted by Gasteiger charge is 2.36. The number of aliphatic hydroxyl groups excluding tert-OH is 1. The minimum Gasteiger partial charge on any atom is -0.361 e. The molecule has 1 atom stereocenters. The lowest BCUT2D eigenvalue weighted by molar-refractivity contribution is -0.391. The topological polar surface area (TPSA) is 148 Å². The van der Waals surface area contributed by atoms with Crippen LogP contribution in [0.25, 0.3) is 0 Å². The lowest BCUT2D eigenvalue weighted by atomic mass is 10.5. The lowest BCUT2D eigenvalue weighted by Crippen LogP contribution is -2.42. The molecule has 0 aliphatic heterocycles. The van der Waals surface area contributed by atoms with Crippen molar-refractivity contribution in [2.45, 2.75) is 12.3 Å². The Balaban J connectivity index is 4.10. The first-order chi connectivity index (χ1) is 4.63. The average molecular weight is 190 g/mol. The molecule has 0 saturated carbocycles. The molecule has 0 fully saturated rings. The molecule has 0 aliphatic rings. The standard InChI is InChI=1S/C2H7O8P/c3-1(2(4,5)6)10-11(7,8)9/h1,3-6H,(H2,7,8,9). The molecule has 0 heterocycles. The molecule has 11 heavy (non-hydrogen) atoms. The maximum atomic E-state index is 9.87. The molecular formula is C2H7O8P. The van der Waals surface area contributed by atoms with Gasteiger partial charge < -0.3 is 30.2 Å². The fraction of sp³-hybridized carbons (Fsp3) is 1.00. The molecule has 8 nitrogen and oxygen atoms in total. The smallest absolute Gasteiger partial charge is 0.361 e. The molecule has 0 aromatic carbocycles. The van der Waals surface area contributed by atoms with Gasteiger partial charge in [0.05, 0.1) is 0 Å². The van der Waals surface area contributed by atoms with Crippen LogP contribution in [0.2, 0.25) is 0 Å². The van der Waals surface area contributed by atoms with Crippen LogP contribution in [0.1, 0.15) is 0 Å². The predicted molar refractivity (Wildman–Crippen MR) is 28.5 cm³/mol. The highest BCUT2D eigenvalue weighted by molar-refractivity contribution is 7.46. The predicted octanol–water partition coefficient (Wildman–Crippen LogP) is -2.96. The van der Waals surface area contributed by atoms with E-state index < -0.39 is 20.1 Å². The van der Waals surface area contributed by atoms with E-state index >= 15 is 0 Å². The number of aliphatic hydroxyl groups is 4. The number of phosphoric acid groups is 1. The molecule has 68 valence electrons. The summed E-state index contributed by atoms with van der Waals surface area (Å²) in [5.41, 5.74) is 0. The van der Waals surface area contributed by atoms with Crippen LogP contribution >= 0.6 is 7.82 Å². The van der Waals surface area contributed by atoms with Gasteiger partial charge in [0.2, 0.25) is 6.29 Å². The van der Waals surface area contributed by atoms with Gasteiger partial charge in [-0.2, -0.15) is 0 Å². The molecule has 0 amide bonds. The van der Waals surface area contributed by atoms with Gasteiger partial charge in [0.15, 0.2) is 0 Å². The van der Waals surface area contributed by atoms with E-state index in [1.165, 1.54) is 0 Å². The number of rotatable bonds is 3. The first-order valence-electron chi connectivity index (χ1n) is 2.22. The van der Waals surface area contributed by atoms with Gasteiger partial charge in [-0.05, 0) is 0 Å². The minimum absolute atomic E-state index is 2.79. The van der Waals surface area contributed by atoms with E-state index in [0.29, 0.717) is 0 Å². The van der Waals surface area contributed by atoms with Gasteiger partial charge in [-0.3, -0.25) is 0 Å². The summed E-state index contributed by atoms with van der Waals surface area (Å²) >= 11 is 0. The molecule has 0 rings (SSSR count). The Morgan fingerprint density at radius 3 is 1.73 bits per heavy atom. The molecule has 0 aromatic rings. The highest BCUT2D eigenvalue weighted by Crippen LogP contribution is 2.38. The van der Waals surface area contributed by atoms with Gasteiger partial charge in [-0.15, -0.1) is 0 Å². The average Bonchev–Trinajstić information content (AvgIpc) is 1.56. The minimum atomic E-state index is -5.05. The van der Waals surface area contributed by atoms with E-state index in [9.17, 15) is 4.57 Å². The first kappa shape index (κ1) is 11.0. The molecule has 1 unspecified atom stereocenters. The van der Waals surface area contributed by atoms with Crippen molar-refractivity contribution in [3.05, 3.63) is 0 Å². The molecule has 0 radical (unpaired) electrons. The van der Waals surface area contributed by atoms with Gasteiger partial charge in [0.1, 0.15) is 0 Å². The molecule has 0 spiro atoms. The van der Waals surface area contributed by atoms with Crippen molar-refractivity contribution in [1.82, 2.24) is 0 Å². The molecule has 0 aliphatic carbocycles. The summed E-state index contributed by atoms with van der Waals surface area (Å²) < 4.78 is 13.1. The van der Waals surface area contributed by atoms with Crippen LogP contribution in [-0.4, -0.2) is 42.5 Å². The Bertz CT molecular complexity index is 163. The number of hydrogen-bond donors (Lipinski definition) is 6. The summed E-state index contributed by atoms with van der Waals surface area (Å²) in [5, 5.41) is 32.4. The van der Waals surface area contributed by atoms with Crippen molar-refractivity contribution in [1.29, 1.82) is 0 Å². The third kappa shape index (κ3) is 5.24. The van der Waals surface area contributed by atoms with Gasteiger partial charge >= 0.3 is 13.8 Å². The lowest BCUT2D eigenvalue weighted by Gasteiger charge is -2.20. The fourth-order valence-corrected chi connectivity index (χ4v) is 0.602. The zero-order chi connectivity index (χ0) is 9.28. The van der Waals surface area contributed by atoms with Crippen LogP contribution in [0.4, 0.5) is 0 Å². The summed E-state index contributed by atoms with van der Waals surface area (Å²) in [5.74, 6) is -3.69. The molecular weight excluding hydrogens is 183 g/mol. The summed E-state index contributed by atoms with van der Waals surface area (Å²) in [6, 6.07) is 0. The molecule has 0 bridgehead atoms. The SMILES string of the molecule is O=P(O)(O)OC(O)C(O)(O)O. The second-order valence-electron chi connectivity index (χ2n) is 1.64. The van der Waals surface area contributed by atoms with E-state index in [1.807, 2.05) is 0 Å². The third-order valence-corrected chi connectivity index (χ3v) is 1.04. The zero-order valence-corrected chi connectivity index (χ0v) is 5.92. The van der Waals surface area contributed by atoms with Crippen molar-refractivity contribution in [3.63, 3.8) is 0 Å². The Labute approximate surface area is 60.5 Å². The Morgan fingerprint density at radius 2 is 1.64 bits per heavy atom. The normalized spacial score (nSPS) is 16.5. The van der Waals surface area contributed by atoms with Crippen LogP contribution in [0.15, 0.2) is 0 Å². The second kappa shape index (κ2) is 3.13. The van der Waals surface area contributed by atoms with E-state index in [2.05, 4.69) is 4.52 Å². The Morgan fingerprint density at radius 1 is 1.27 bits per heavy atom. The molecule has 0 saturated heterocycles. The summed E-state index contributed by atoms with van der Waals surface area (Å²) in [4.78, 5) is 15.9. The van der Waals surface area contributed by atoms with Crippen LogP contribution in [0.5, 0.6) is 0 Å². The monoisotopic (exact) mass is 190 g/mol. The Hall–Kier alpha value is -0.0500. The second-order valence-corrected chi connectivity index (χ2v) is 2.83. The quantitative estimate of drug-likeness (QED) is 0.204. The number of phosphoric ester groups is 1. The van der Waals surface area contributed by atoms with Crippen molar-refractivity contribution in [2.24, 2.45) is 0 Å². The zero-order valence-electron chi connectivity index (χ0n) is 5.02. The van der Waals surface area contributed by atoms with E-state index in [4.69, 9.17) is 30.2 Å². The van der Waals surface area contributed by atoms with Crippen LogP contribution < -0.4 is 0 Å². The van der Waals surface area contributed by atoms with Crippen molar-refractivity contribution in [2.75, 3.05) is 0 Å². The van der Waals surface area contributed by atoms with Crippen molar-refractivity contribution < 1.29 is 39.3 Å². The fourth-order valence-electron chi connectivity index (χ4n) is 0.201. The van der Waals surface area contributed by atoms with Crippen LogP contribution in [0, 0.1) is 0 Å². The van der Waals surface area contributed by atoms with Crippen LogP contribution in [0.3, 0.4) is 0 Å². The van der Waals surface area contributed by atoms with E-state index in [0.717, 1.165) is 0 Å². The molecule has 0 aromatic heterocycles. The summed E-state index contributed by atoms with van der Waals surface area (Å²) in [6.45, 7) is 0. The third-order valence-electron chi connectivity index (χ3n) is 0.568. The van der Waals surface area contributed by atoms with Crippen LogP contribution in [-0.2, 0) is 9.09 Å². The molecule has 9 heteroatoms. The highest BCUT2D eigenvalue weighted by atomic mass is 31.2.